The van der Waals surface area contributed by atoms with Crippen LogP contribution in [0.4, 0.5) is 8.78 Å². The number of nitrogens with two attached hydrogens (primary N) is 1. The van der Waals surface area contributed by atoms with Crippen molar-refractivity contribution in [2.45, 2.75) is 20.5 Å². The first kappa shape index (κ1) is 16.6. The van der Waals surface area contributed by atoms with Gasteiger partial charge in [0.25, 0.3) is 5.91 Å². The number of primary amides is 1. The minimum absolute atomic E-state index is 0.0869. The van der Waals surface area contributed by atoms with Crippen LogP contribution in [0.2, 0.25) is 0 Å². The average Bonchev–Trinajstić information content (AvgIpc) is 2.45. The summed E-state index contributed by atoms with van der Waals surface area (Å²) in [6.07, 6.45) is 0. The molecule has 2 aromatic heterocycles. The van der Waals surface area contributed by atoms with Gasteiger partial charge in [0, 0.05) is 0 Å². The zero-order chi connectivity index (χ0) is 16.0. The van der Waals surface area contributed by atoms with Crippen LogP contribution < -0.4 is 5.73 Å². The second kappa shape index (κ2) is 7.39. The molecule has 1 amide bonds. The first-order valence-electron chi connectivity index (χ1n) is 6.01. The number of hydrogen-bond acceptors (Lipinski definition) is 4. The predicted octanol–water partition coefficient (Wildman–Crippen LogP) is 1.65. The van der Waals surface area contributed by atoms with Gasteiger partial charge in [0.15, 0.2) is 0 Å². The molecule has 0 aromatic carbocycles. The first-order chi connectivity index (χ1) is 9.85. The molecule has 0 fully saturated rings. The highest BCUT2D eigenvalue weighted by Gasteiger charge is 2.04. The second-order valence-corrected chi connectivity index (χ2v) is 4.16. The van der Waals surface area contributed by atoms with Gasteiger partial charge in [0.05, 0.1) is 23.7 Å². The Kier molecular flexibility index (Phi) is 5.86. The fraction of sp³-hybridized carbons (Fsp3) is 0.214. The molecule has 112 valence electrons. The number of aromatic nitrogens is 2. The summed E-state index contributed by atoms with van der Waals surface area (Å²) in [7, 11) is 0. The fourth-order valence-corrected chi connectivity index (χ4v) is 1.37. The Balaban J connectivity index is 0.000000211. The molecule has 0 unspecified atom stereocenters. The molecule has 0 saturated carbocycles. The molecule has 2 heterocycles. The highest BCUT2D eigenvalue weighted by molar-refractivity contribution is 5.90. The Bertz CT molecular complexity index is 648. The van der Waals surface area contributed by atoms with E-state index >= 15 is 0 Å². The number of amides is 1. The first-order valence-corrected chi connectivity index (χ1v) is 6.01. The molecule has 0 radical (unpaired) electrons. The number of carbonyl (C=O) groups excluding carboxylic acids is 1. The molecule has 0 aliphatic rings. The number of halogens is 2. The largest absolute Gasteiger partial charge is 0.390 e. The quantitative estimate of drug-likeness (QED) is 0.881. The summed E-state index contributed by atoms with van der Waals surface area (Å²) in [5.74, 6) is -1.42. The van der Waals surface area contributed by atoms with Gasteiger partial charge in [-0.25, -0.2) is 13.8 Å². The smallest absolute Gasteiger partial charge is 0.267 e. The van der Waals surface area contributed by atoms with Crippen molar-refractivity contribution >= 4 is 5.91 Å². The van der Waals surface area contributed by atoms with Crippen molar-refractivity contribution in [3.8, 4) is 0 Å². The van der Waals surface area contributed by atoms with Crippen molar-refractivity contribution in [2.75, 3.05) is 0 Å². The van der Waals surface area contributed by atoms with E-state index in [1.165, 1.54) is 31.2 Å². The maximum absolute atomic E-state index is 12.5. The Hall–Kier alpha value is -2.41. The Labute approximate surface area is 120 Å². The molecule has 0 aliphatic heterocycles. The standard InChI is InChI=1S/C7H7FN2O.C7H8FNO/c1-4-5(8)2-3-6(10-4)7(9)11;1-5-7(8)3-2-6(4-10)9-5/h2-3H,1H3,(H2,9,11);2-3,10H,4H2,1H3. The average molecular weight is 295 g/mol. The van der Waals surface area contributed by atoms with E-state index in [1.807, 2.05) is 0 Å². The summed E-state index contributed by atoms with van der Waals surface area (Å²) in [6, 6.07) is 5.18. The van der Waals surface area contributed by atoms with E-state index in [4.69, 9.17) is 10.8 Å². The van der Waals surface area contributed by atoms with E-state index in [-0.39, 0.29) is 23.8 Å². The lowest BCUT2D eigenvalue weighted by Gasteiger charge is -1.97. The zero-order valence-electron chi connectivity index (χ0n) is 11.6. The molecule has 21 heavy (non-hydrogen) atoms. The van der Waals surface area contributed by atoms with E-state index in [0.29, 0.717) is 11.4 Å². The maximum atomic E-state index is 12.5. The van der Waals surface area contributed by atoms with E-state index in [1.54, 1.807) is 6.92 Å². The van der Waals surface area contributed by atoms with Crippen LogP contribution in [-0.2, 0) is 6.61 Å². The van der Waals surface area contributed by atoms with Crippen molar-refractivity contribution in [2.24, 2.45) is 5.73 Å². The minimum atomic E-state index is -0.645. The SMILES string of the molecule is Cc1nc(C(N)=O)ccc1F.Cc1nc(CO)ccc1F. The van der Waals surface area contributed by atoms with Gasteiger partial charge in [-0.2, -0.15) is 0 Å². The topological polar surface area (TPSA) is 89.1 Å². The third-order valence-corrected chi connectivity index (χ3v) is 2.51. The van der Waals surface area contributed by atoms with Gasteiger partial charge in [0.1, 0.15) is 17.3 Å². The van der Waals surface area contributed by atoms with Gasteiger partial charge in [-0.15, -0.1) is 0 Å². The molecular weight excluding hydrogens is 280 g/mol. The van der Waals surface area contributed by atoms with Crippen LogP contribution in [0.3, 0.4) is 0 Å². The van der Waals surface area contributed by atoms with Crippen LogP contribution in [0.5, 0.6) is 0 Å². The zero-order valence-corrected chi connectivity index (χ0v) is 11.6. The van der Waals surface area contributed by atoms with Gasteiger partial charge in [-0.1, -0.05) is 0 Å². The summed E-state index contributed by atoms with van der Waals surface area (Å²) in [5.41, 5.74) is 6.00. The number of aliphatic hydroxyl groups excluding tert-OH is 1. The lowest BCUT2D eigenvalue weighted by molar-refractivity contribution is 0.0995. The monoisotopic (exact) mass is 295 g/mol. The van der Waals surface area contributed by atoms with Crippen LogP contribution in [0.1, 0.15) is 27.6 Å². The van der Waals surface area contributed by atoms with Crippen LogP contribution in [-0.4, -0.2) is 21.0 Å². The lowest BCUT2D eigenvalue weighted by Crippen LogP contribution is -2.13. The van der Waals surface area contributed by atoms with E-state index in [2.05, 4.69) is 9.97 Å². The Morgan fingerprint density at radius 2 is 1.62 bits per heavy atom. The molecule has 2 aromatic rings. The molecule has 2 rings (SSSR count). The van der Waals surface area contributed by atoms with E-state index in [0.717, 1.165) is 0 Å². The molecule has 0 saturated heterocycles. The summed E-state index contributed by atoms with van der Waals surface area (Å²) < 4.78 is 25.0. The number of aryl methyl sites for hydroxylation is 2. The molecule has 0 aliphatic carbocycles. The summed E-state index contributed by atoms with van der Waals surface area (Å²) in [6.45, 7) is 2.90. The molecule has 3 N–H and O–H groups in total. The van der Waals surface area contributed by atoms with Gasteiger partial charge >= 0.3 is 0 Å². The van der Waals surface area contributed by atoms with Crippen LogP contribution in [0, 0.1) is 25.5 Å². The normalized spacial score (nSPS) is 9.76. The highest BCUT2D eigenvalue weighted by atomic mass is 19.1. The van der Waals surface area contributed by atoms with Crippen molar-refractivity contribution in [3.63, 3.8) is 0 Å². The summed E-state index contributed by atoms with van der Waals surface area (Å²) in [4.78, 5) is 17.9. The summed E-state index contributed by atoms with van der Waals surface area (Å²) in [5, 5.41) is 8.57. The molecule has 0 atom stereocenters. The van der Waals surface area contributed by atoms with Gasteiger partial charge < -0.3 is 10.8 Å². The van der Waals surface area contributed by atoms with Gasteiger partial charge in [-0.3, -0.25) is 9.78 Å². The van der Waals surface area contributed by atoms with Gasteiger partial charge in [-0.05, 0) is 38.1 Å². The van der Waals surface area contributed by atoms with E-state index < -0.39 is 11.7 Å². The minimum Gasteiger partial charge on any atom is -0.390 e. The number of hydrogen-bond donors (Lipinski definition) is 2. The highest BCUT2D eigenvalue weighted by Crippen LogP contribution is 2.04. The number of nitrogens with zero attached hydrogens (tertiary/aromatic N) is 2. The van der Waals surface area contributed by atoms with Crippen LogP contribution in [0.25, 0.3) is 0 Å². The fourth-order valence-electron chi connectivity index (χ4n) is 1.37. The predicted molar refractivity (Wildman–Crippen MR) is 72.3 cm³/mol. The third-order valence-electron chi connectivity index (χ3n) is 2.51. The van der Waals surface area contributed by atoms with Crippen LogP contribution in [0.15, 0.2) is 24.3 Å². The van der Waals surface area contributed by atoms with Crippen molar-refractivity contribution in [3.05, 3.63) is 58.7 Å². The van der Waals surface area contributed by atoms with Gasteiger partial charge in [0.2, 0.25) is 0 Å². The number of carbonyl (C=O) groups is 1. The second-order valence-electron chi connectivity index (χ2n) is 4.16. The number of pyridine rings is 2. The molecule has 0 bridgehead atoms. The van der Waals surface area contributed by atoms with Crippen LogP contribution >= 0.6 is 0 Å². The Morgan fingerprint density at radius 1 is 1.10 bits per heavy atom. The van der Waals surface area contributed by atoms with Crippen molar-refractivity contribution in [1.82, 2.24) is 9.97 Å². The maximum Gasteiger partial charge on any atom is 0.267 e. The van der Waals surface area contributed by atoms with E-state index in [9.17, 15) is 13.6 Å². The van der Waals surface area contributed by atoms with Crippen molar-refractivity contribution in [1.29, 1.82) is 0 Å². The number of aliphatic hydroxyl groups is 1. The molecular formula is C14H15F2N3O2. The molecule has 7 heteroatoms. The lowest BCUT2D eigenvalue weighted by atomic mass is 10.3. The molecule has 0 spiro atoms. The number of rotatable bonds is 2. The van der Waals surface area contributed by atoms with Crippen molar-refractivity contribution < 1.29 is 18.7 Å². The molecule has 5 nitrogen and oxygen atoms in total. The summed E-state index contributed by atoms with van der Waals surface area (Å²) >= 11 is 0. The third kappa shape index (κ3) is 4.88. The Morgan fingerprint density at radius 3 is 2.05 bits per heavy atom.